The summed E-state index contributed by atoms with van der Waals surface area (Å²) in [6, 6.07) is 0. The summed E-state index contributed by atoms with van der Waals surface area (Å²) in [7, 11) is 0. The van der Waals surface area contributed by atoms with Gasteiger partial charge in [-0.2, -0.15) is 0 Å². The van der Waals surface area contributed by atoms with Crippen LogP contribution in [0, 0.1) is 0 Å². The van der Waals surface area contributed by atoms with E-state index in [9.17, 15) is 4.79 Å². The molecule has 2 N–H and O–H groups in total. The maximum Gasteiger partial charge on any atom is 0.293 e. The van der Waals surface area contributed by atoms with Crippen molar-refractivity contribution in [1.29, 1.82) is 0 Å². The number of piperazine rings is 1. The van der Waals surface area contributed by atoms with Crippen LogP contribution in [-0.4, -0.2) is 43.6 Å². The number of alkyl halides is 2. The molecule has 6 heteroatoms. The van der Waals surface area contributed by atoms with Gasteiger partial charge < -0.3 is 15.4 Å². The molecule has 1 saturated heterocycles. The normalized spacial score (nSPS) is 14.8. The van der Waals surface area contributed by atoms with Crippen LogP contribution >= 0.6 is 23.2 Å². The van der Waals surface area contributed by atoms with Gasteiger partial charge in [-0.15, -0.1) is 23.2 Å². The first-order valence-electron chi connectivity index (χ1n) is 5.12. The summed E-state index contributed by atoms with van der Waals surface area (Å²) in [5, 5.41) is 6.64. The third kappa shape index (κ3) is 23.6. The van der Waals surface area contributed by atoms with Crippen LogP contribution in [0.3, 0.4) is 0 Å². The van der Waals surface area contributed by atoms with Gasteiger partial charge in [0.05, 0.1) is 5.34 Å². The molecule has 1 fully saturated rings. The van der Waals surface area contributed by atoms with Crippen molar-refractivity contribution in [1.82, 2.24) is 10.6 Å². The number of carbonyl (C=O) groups is 1. The summed E-state index contributed by atoms with van der Waals surface area (Å²) in [6.07, 6.45) is 0. The van der Waals surface area contributed by atoms with E-state index >= 15 is 0 Å². The quantitative estimate of drug-likeness (QED) is 0.562. The summed E-state index contributed by atoms with van der Waals surface area (Å²) in [4.78, 5) is 9.60. The molecule has 1 aliphatic rings. The first kappa shape index (κ1) is 18.3. The molecule has 1 rings (SSSR count). The van der Waals surface area contributed by atoms with Crippen molar-refractivity contribution < 1.29 is 9.53 Å². The molecule has 4 nitrogen and oxygen atoms in total. The zero-order valence-electron chi connectivity index (χ0n) is 10.2. The maximum absolute atomic E-state index is 9.60. The molecule has 0 unspecified atom stereocenters. The minimum Gasteiger partial charge on any atom is -0.462 e. The second-order valence-electron chi connectivity index (χ2n) is 3.93. The average molecular weight is 273 g/mol. The lowest BCUT2D eigenvalue weighted by Gasteiger charge is -2.14. The van der Waals surface area contributed by atoms with Gasteiger partial charge in [-0.05, 0) is 20.8 Å². The molecule has 0 aromatic heterocycles. The second-order valence-corrected chi connectivity index (χ2v) is 4.74. The average Bonchev–Trinajstić information content (AvgIpc) is 2.20. The van der Waals surface area contributed by atoms with E-state index in [2.05, 4.69) is 15.4 Å². The lowest BCUT2D eigenvalue weighted by molar-refractivity contribution is -0.138. The molecule has 0 aromatic rings. The van der Waals surface area contributed by atoms with Gasteiger partial charge in [0, 0.05) is 26.2 Å². The topological polar surface area (TPSA) is 50.4 Å². The number of carbonyl (C=O) groups excluding carboxylic acids is 1. The lowest BCUT2D eigenvalue weighted by Crippen LogP contribution is -2.39. The lowest BCUT2D eigenvalue weighted by atomic mass is 10.2. The number of hydrogen-bond donors (Lipinski definition) is 2. The fraction of sp³-hybridized carbons (Fsp3) is 0.900. The van der Waals surface area contributed by atoms with Crippen molar-refractivity contribution in [2.24, 2.45) is 0 Å². The number of ether oxygens (including phenoxy) is 1. The SMILES string of the molecule is C1CNCCN1.CC(C)(C)OC=O.ClCCl. The fourth-order valence-electron chi connectivity index (χ4n) is 0.748. The predicted molar refractivity (Wildman–Crippen MR) is 69.2 cm³/mol. The second kappa shape index (κ2) is 13.0. The van der Waals surface area contributed by atoms with Gasteiger partial charge in [-0.3, -0.25) is 4.79 Å². The summed E-state index contributed by atoms with van der Waals surface area (Å²) >= 11 is 9.53. The van der Waals surface area contributed by atoms with Crippen molar-refractivity contribution in [2.45, 2.75) is 26.4 Å². The minimum absolute atomic E-state index is 0.194. The monoisotopic (exact) mass is 272 g/mol. The highest BCUT2D eigenvalue weighted by Crippen LogP contribution is 2.02. The molecule has 0 spiro atoms. The number of hydrogen-bond acceptors (Lipinski definition) is 4. The van der Waals surface area contributed by atoms with Gasteiger partial charge in [-0.1, -0.05) is 0 Å². The van der Waals surface area contributed by atoms with Crippen molar-refractivity contribution in [3.8, 4) is 0 Å². The fourth-order valence-corrected chi connectivity index (χ4v) is 0.748. The Bertz CT molecular complexity index is 137. The molecule has 0 aromatic carbocycles. The van der Waals surface area contributed by atoms with Crippen molar-refractivity contribution in [2.75, 3.05) is 31.5 Å². The van der Waals surface area contributed by atoms with Gasteiger partial charge in [0.15, 0.2) is 0 Å². The molecule has 0 amide bonds. The van der Waals surface area contributed by atoms with E-state index in [-0.39, 0.29) is 10.9 Å². The van der Waals surface area contributed by atoms with Crippen molar-refractivity contribution in [3.05, 3.63) is 0 Å². The zero-order chi connectivity index (χ0) is 12.9. The molecule has 1 aliphatic heterocycles. The number of rotatable bonds is 1. The maximum atomic E-state index is 9.60. The Morgan fingerprint density at radius 2 is 1.44 bits per heavy atom. The molecule has 1 heterocycles. The van der Waals surface area contributed by atoms with Crippen LogP contribution in [0.4, 0.5) is 0 Å². The van der Waals surface area contributed by atoms with E-state index in [0.717, 1.165) is 26.2 Å². The minimum atomic E-state index is -0.318. The molecule has 0 aliphatic carbocycles. The van der Waals surface area contributed by atoms with E-state index in [4.69, 9.17) is 23.2 Å². The smallest absolute Gasteiger partial charge is 0.293 e. The molecule has 0 radical (unpaired) electrons. The van der Waals surface area contributed by atoms with Crippen LogP contribution in [0.5, 0.6) is 0 Å². The highest BCUT2D eigenvalue weighted by Gasteiger charge is 2.07. The first-order valence-corrected chi connectivity index (χ1v) is 6.19. The molecule has 16 heavy (non-hydrogen) atoms. The van der Waals surface area contributed by atoms with Gasteiger partial charge in [0.25, 0.3) is 6.47 Å². The van der Waals surface area contributed by atoms with Gasteiger partial charge in [0.2, 0.25) is 0 Å². The van der Waals surface area contributed by atoms with Crippen molar-refractivity contribution >= 4 is 29.7 Å². The Hall–Kier alpha value is -0.0300. The molecule has 0 atom stereocenters. The zero-order valence-corrected chi connectivity index (χ0v) is 11.7. The molecular formula is C10H22Cl2N2O2. The van der Waals surface area contributed by atoms with E-state index in [1.165, 1.54) is 0 Å². The number of nitrogens with one attached hydrogen (secondary N) is 2. The highest BCUT2D eigenvalue weighted by atomic mass is 35.5. The first-order chi connectivity index (χ1) is 7.47. The number of halogens is 2. The standard InChI is InChI=1S/C5H10O2.C4H10N2.CH2Cl2/c1-5(2,3)7-4-6;1-2-6-4-3-5-1;2-1-3/h4H,1-3H3;5-6H,1-4H2;1H2. The Morgan fingerprint density at radius 1 is 1.12 bits per heavy atom. The van der Waals surface area contributed by atoms with E-state index in [1.54, 1.807) is 0 Å². The molecule has 98 valence electrons. The predicted octanol–water partition coefficient (Wildman–Crippen LogP) is 1.56. The van der Waals surface area contributed by atoms with Crippen LogP contribution in [0.1, 0.15) is 20.8 Å². The van der Waals surface area contributed by atoms with Crippen LogP contribution in [0.15, 0.2) is 0 Å². The van der Waals surface area contributed by atoms with Crippen LogP contribution in [0.25, 0.3) is 0 Å². The highest BCUT2D eigenvalue weighted by molar-refractivity contribution is 6.40. The third-order valence-corrected chi connectivity index (χ3v) is 1.36. The Morgan fingerprint density at radius 3 is 1.50 bits per heavy atom. The van der Waals surface area contributed by atoms with Crippen LogP contribution in [0.2, 0.25) is 0 Å². The van der Waals surface area contributed by atoms with Crippen LogP contribution in [-0.2, 0) is 9.53 Å². The molecule has 0 bridgehead atoms. The summed E-state index contributed by atoms with van der Waals surface area (Å²) in [5.41, 5.74) is -0.318. The van der Waals surface area contributed by atoms with E-state index < -0.39 is 0 Å². The third-order valence-electron chi connectivity index (χ3n) is 1.36. The van der Waals surface area contributed by atoms with Gasteiger partial charge in [-0.25, -0.2) is 0 Å². The summed E-state index contributed by atoms with van der Waals surface area (Å²) in [6.45, 7) is 10.5. The Kier molecular flexibility index (Phi) is 14.9. The van der Waals surface area contributed by atoms with Gasteiger partial charge >= 0.3 is 0 Å². The Balaban J connectivity index is 0. The van der Waals surface area contributed by atoms with Crippen LogP contribution < -0.4 is 10.6 Å². The van der Waals surface area contributed by atoms with Crippen molar-refractivity contribution in [3.63, 3.8) is 0 Å². The Labute approximate surface area is 108 Å². The summed E-state index contributed by atoms with van der Waals surface area (Å²) in [5.74, 6) is 0. The molecular weight excluding hydrogens is 251 g/mol. The van der Waals surface area contributed by atoms with Gasteiger partial charge in [0.1, 0.15) is 5.60 Å². The molecule has 0 saturated carbocycles. The largest absolute Gasteiger partial charge is 0.462 e. The van der Waals surface area contributed by atoms with E-state index in [1.807, 2.05) is 20.8 Å². The summed E-state index contributed by atoms with van der Waals surface area (Å²) < 4.78 is 4.55. The van der Waals surface area contributed by atoms with E-state index in [0.29, 0.717) is 6.47 Å².